The number of rotatable bonds is 8. The summed E-state index contributed by atoms with van der Waals surface area (Å²) in [6.07, 6.45) is 3.35. The Hall–Kier alpha value is -5.28. The van der Waals surface area contributed by atoms with Crippen molar-refractivity contribution in [3.63, 3.8) is 0 Å². The van der Waals surface area contributed by atoms with Crippen LogP contribution in [-0.2, 0) is 0 Å². The minimum absolute atomic E-state index is 0.135. The van der Waals surface area contributed by atoms with E-state index >= 15 is 0 Å². The molecule has 2 N–H and O–H groups in total. The number of nitrogens with one attached hydrogen (secondary N) is 2. The second-order valence-corrected chi connectivity index (χ2v) is 8.84. The Labute approximate surface area is 228 Å². The van der Waals surface area contributed by atoms with E-state index in [0.29, 0.717) is 22.0 Å². The van der Waals surface area contributed by atoms with Crippen molar-refractivity contribution < 1.29 is 9.72 Å². The maximum atomic E-state index is 12.6. The predicted octanol–water partition coefficient (Wildman–Crippen LogP) is 6.80. The van der Waals surface area contributed by atoms with E-state index < -0.39 is 10.8 Å². The number of carbonyl (C=O) groups is 1. The normalized spacial score (nSPS) is 10.9. The van der Waals surface area contributed by atoms with Crippen molar-refractivity contribution in [3.8, 4) is 16.9 Å². The van der Waals surface area contributed by atoms with Crippen LogP contribution in [0.15, 0.2) is 114 Å². The highest BCUT2D eigenvalue weighted by atomic mass is 35.5. The smallest absolute Gasteiger partial charge is 0.294 e. The molecule has 1 heterocycles. The molecule has 0 unspecified atom stereocenters. The van der Waals surface area contributed by atoms with E-state index in [1.807, 2.05) is 54.7 Å². The predicted molar refractivity (Wildman–Crippen MR) is 153 cm³/mol. The molecule has 0 saturated heterocycles. The lowest BCUT2D eigenvalue weighted by atomic mass is 10.1. The first kappa shape index (κ1) is 25.4. The average molecular weight is 537 g/mol. The molecule has 0 saturated carbocycles. The van der Waals surface area contributed by atoms with Gasteiger partial charge in [-0.1, -0.05) is 60.1 Å². The fourth-order valence-electron chi connectivity index (χ4n) is 3.84. The van der Waals surface area contributed by atoms with Gasteiger partial charge in [0.05, 0.1) is 16.8 Å². The zero-order valence-electron chi connectivity index (χ0n) is 20.4. The number of halogens is 1. The number of hydrazone groups is 1. The maximum Gasteiger partial charge on any atom is 0.294 e. The summed E-state index contributed by atoms with van der Waals surface area (Å²) in [5.74, 6) is -0.458. The summed E-state index contributed by atoms with van der Waals surface area (Å²) >= 11 is 6.06. The van der Waals surface area contributed by atoms with E-state index in [1.165, 1.54) is 24.4 Å². The number of hydrogen-bond acceptors (Lipinski definition) is 6. The van der Waals surface area contributed by atoms with Crippen molar-refractivity contribution in [2.45, 2.75) is 0 Å². The Morgan fingerprint density at radius 3 is 2.33 bits per heavy atom. The van der Waals surface area contributed by atoms with Crippen LogP contribution in [0.1, 0.15) is 15.9 Å². The van der Waals surface area contributed by atoms with Gasteiger partial charge in [0.15, 0.2) is 0 Å². The van der Waals surface area contributed by atoms with Crippen LogP contribution in [0.2, 0.25) is 5.02 Å². The largest absolute Gasteiger partial charge is 0.322 e. The average Bonchev–Trinajstić information content (AvgIpc) is 3.38. The molecule has 5 aromatic rings. The summed E-state index contributed by atoms with van der Waals surface area (Å²) in [7, 11) is 0. The van der Waals surface area contributed by atoms with Crippen LogP contribution in [0.25, 0.3) is 16.9 Å². The Balaban J connectivity index is 1.41. The molecule has 0 atom stereocenters. The first-order valence-corrected chi connectivity index (χ1v) is 12.2. The highest BCUT2D eigenvalue weighted by Gasteiger charge is 2.18. The Morgan fingerprint density at radius 2 is 1.64 bits per heavy atom. The topological polar surface area (TPSA) is 114 Å². The van der Waals surface area contributed by atoms with Gasteiger partial charge in [-0.05, 0) is 48.5 Å². The first-order chi connectivity index (χ1) is 19.0. The minimum Gasteiger partial charge on any atom is -0.322 e. The third-order valence-corrected chi connectivity index (χ3v) is 6.01. The molecule has 0 radical (unpaired) electrons. The molecule has 0 aliphatic carbocycles. The molecule has 192 valence electrons. The second-order valence-electron chi connectivity index (χ2n) is 8.40. The number of amides is 1. The lowest BCUT2D eigenvalue weighted by Crippen LogP contribution is -2.12. The second kappa shape index (κ2) is 11.4. The molecule has 0 bridgehead atoms. The summed E-state index contributed by atoms with van der Waals surface area (Å²) in [6.45, 7) is 0. The summed E-state index contributed by atoms with van der Waals surface area (Å²) in [5.41, 5.74) is 6.34. The number of nitro benzene ring substituents is 1. The van der Waals surface area contributed by atoms with Gasteiger partial charge in [0.2, 0.25) is 0 Å². The van der Waals surface area contributed by atoms with Crippen LogP contribution in [-0.4, -0.2) is 26.8 Å². The molecule has 4 aromatic carbocycles. The van der Waals surface area contributed by atoms with Gasteiger partial charge in [-0.3, -0.25) is 20.3 Å². The summed E-state index contributed by atoms with van der Waals surface area (Å²) in [6, 6.07) is 29.9. The molecule has 5 rings (SSSR count). The van der Waals surface area contributed by atoms with Crippen LogP contribution < -0.4 is 10.7 Å². The van der Waals surface area contributed by atoms with Crippen LogP contribution in [0.5, 0.6) is 0 Å². The zero-order valence-corrected chi connectivity index (χ0v) is 21.1. The number of carbonyl (C=O) groups excluding carboxylic acids is 1. The molecular weight excluding hydrogens is 516 g/mol. The van der Waals surface area contributed by atoms with E-state index in [-0.39, 0.29) is 16.9 Å². The van der Waals surface area contributed by atoms with Gasteiger partial charge in [-0.15, -0.1) is 0 Å². The lowest BCUT2D eigenvalue weighted by molar-refractivity contribution is -0.384. The van der Waals surface area contributed by atoms with E-state index in [9.17, 15) is 14.9 Å². The number of para-hydroxylation sites is 2. The van der Waals surface area contributed by atoms with Gasteiger partial charge >= 0.3 is 0 Å². The van der Waals surface area contributed by atoms with Crippen LogP contribution in [0.3, 0.4) is 0 Å². The van der Waals surface area contributed by atoms with Crippen molar-refractivity contribution in [1.82, 2.24) is 9.78 Å². The van der Waals surface area contributed by atoms with Crippen molar-refractivity contribution in [1.29, 1.82) is 0 Å². The van der Waals surface area contributed by atoms with Crippen molar-refractivity contribution in [2.24, 2.45) is 5.10 Å². The third kappa shape index (κ3) is 6.00. The molecule has 1 amide bonds. The summed E-state index contributed by atoms with van der Waals surface area (Å²) < 4.78 is 1.73. The lowest BCUT2D eigenvalue weighted by Gasteiger charge is -2.07. The van der Waals surface area contributed by atoms with Gasteiger partial charge in [-0.2, -0.15) is 10.2 Å². The standard InChI is InChI=1S/C29H21ClN6O3/c30-23-14-11-20(12-15-23)28-22(19-35(34-28)25-9-5-2-6-10-25)18-31-33-26-16-13-21(17-27(26)36(38)39)29(37)32-24-7-3-1-4-8-24/h1-19,33H,(H,32,37)/b31-18-. The maximum absolute atomic E-state index is 12.6. The molecule has 10 heteroatoms. The number of aromatic nitrogens is 2. The highest BCUT2D eigenvalue weighted by molar-refractivity contribution is 6.30. The number of nitro groups is 1. The molecule has 0 aliphatic rings. The van der Waals surface area contributed by atoms with Crippen molar-refractivity contribution >= 4 is 40.8 Å². The summed E-state index contributed by atoms with van der Waals surface area (Å²) in [5, 5.41) is 24.1. The number of benzene rings is 4. The number of nitrogens with zero attached hydrogens (tertiary/aromatic N) is 4. The number of hydrogen-bond donors (Lipinski definition) is 2. The van der Waals surface area contributed by atoms with Crippen LogP contribution in [0.4, 0.5) is 17.1 Å². The van der Waals surface area contributed by atoms with Gasteiger partial charge < -0.3 is 5.32 Å². The molecular formula is C29H21ClN6O3. The summed E-state index contributed by atoms with van der Waals surface area (Å²) in [4.78, 5) is 23.8. The van der Waals surface area contributed by atoms with Gasteiger partial charge in [0.1, 0.15) is 11.4 Å². The number of anilines is 2. The molecule has 0 fully saturated rings. The van der Waals surface area contributed by atoms with E-state index in [1.54, 1.807) is 41.1 Å². The monoisotopic (exact) mass is 536 g/mol. The Kier molecular flexibility index (Phi) is 7.42. The highest BCUT2D eigenvalue weighted by Crippen LogP contribution is 2.27. The first-order valence-electron chi connectivity index (χ1n) is 11.8. The molecule has 0 spiro atoms. The molecule has 39 heavy (non-hydrogen) atoms. The fraction of sp³-hybridized carbons (Fsp3) is 0. The zero-order chi connectivity index (χ0) is 27.2. The van der Waals surface area contributed by atoms with Gasteiger partial charge in [0, 0.05) is 39.7 Å². The Morgan fingerprint density at radius 1 is 0.949 bits per heavy atom. The fourth-order valence-corrected chi connectivity index (χ4v) is 3.97. The molecule has 1 aromatic heterocycles. The SMILES string of the molecule is O=C(Nc1ccccc1)c1ccc(N/N=C\c2cn(-c3ccccc3)nc2-c2ccc(Cl)cc2)c([N+](=O)[O-])c1. The minimum atomic E-state index is -0.566. The molecule has 9 nitrogen and oxygen atoms in total. The van der Waals surface area contributed by atoms with E-state index in [0.717, 1.165) is 11.3 Å². The van der Waals surface area contributed by atoms with E-state index in [2.05, 4.69) is 15.8 Å². The Bertz CT molecular complexity index is 1650. The third-order valence-electron chi connectivity index (χ3n) is 5.76. The molecule has 0 aliphatic heterocycles. The van der Waals surface area contributed by atoms with Gasteiger partial charge in [0.25, 0.3) is 11.6 Å². The van der Waals surface area contributed by atoms with Crippen molar-refractivity contribution in [2.75, 3.05) is 10.7 Å². The van der Waals surface area contributed by atoms with Crippen LogP contribution >= 0.6 is 11.6 Å². The van der Waals surface area contributed by atoms with Crippen molar-refractivity contribution in [3.05, 3.63) is 136 Å². The van der Waals surface area contributed by atoms with Gasteiger partial charge in [-0.25, -0.2) is 4.68 Å². The van der Waals surface area contributed by atoms with Crippen LogP contribution in [0, 0.1) is 10.1 Å². The van der Waals surface area contributed by atoms with E-state index in [4.69, 9.17) is 16.7 Å². The quantitative estimate of drug-likeness (QED) is 0.128.